The molecule has 4 rings (SSSR count). The van der Waals surface area contributed by atoms with Crippen LogP contribution in [0.5, 0.6) is 5.75 Å². The zero-order chi connectivity index (χ0) is 26.1. The molecule has 198 valence electrons. The van der Waals surface area contributed by atoms with Crippen molar-refractivity contribution in [2.75, 3.05) is 13.2 Å². The van der Waals surface area contributed by atoms with Crippen LogP contribution in [-0.4, -0.2) is 64.0 Å². The molecule has 4 N–H and O–H groups in total. The molecule has 1 saturated carbocycles. The third kappa shape index (κ3) is 6.06. The van der Waals surface area contributed by atoms with Crippen molar-refractivity contribution in [1.82, 2.24) is 0 Å². The molecule has 1 aliphatic carbocycles. The molecule has 36 heavy (non-hydrogen) atoms. The van der Waals surface area contributed by atoms with Crippen LogP contribution in [0.15, 0.2) is 42.5 Å². The zero-order valence-electron chi connectivity index (χ0n) is 20.7. The highest BCUT2D eigenvalue weighted by Gasteiger charge is 2.44. The van der Waals surface area contributed by atoms with Gasteiger partial charge in [0.05, 0.1) is 13.2 Å². The number of hydrogen-bond donors (Lipinski definition) is 4. The Kier molecular flexibility index (Phi) is 8.02. The standard InChI is InChI=1S/C28H36F2O6/c1-17-3-6-19(26-25(34)24(33)23(32)22(15-31)36-26)14-20(17)13-18-4-7-21(8-5-18)35-16-27(2)9-11-28(29,30)12-10-27/h3-8,14,22-26,31-34H,9-13,15-16H2,1-2H3. The average molecular weight is 507 g/mol. The van der Waals surface area contributed by atoms with E-state index in [1.165, 1.54) is 0 Å². The van der Waals surface area contributed by atoms with Crippen molar-refractivity contribution < 1.29 is 38.7 Å². The Morgan fingerprint density at radius 3 is 2.25 bits per heavy atom. The number of halogens is 2. The molecule has 0 aromatic heterocycles. The van der Waals surface area contributed by atoms with Crippen LogP contribution in [0.4, 0.5) is 8.78 Å². The van der Waals surface area contributed by atoms with Gasteiger partial charge in [0.1, 0.15) is 36.3 Å². The fourth-order valence-electron chi connectivity index (χ4n) is 4.98. The molecule has 5 unspecified atom stereocenters. The van der Waals surface area contributed by atoms with Crippen molar-refractivity contribution in [1.29, 1.82) is 0 Å². The molecule has 1 heterocycles. The van der Waals surface area contributed by atoms with E-state index in [1.807, 2.05) is 56.3 Å². The third-order valence-corrected chi connectivity index (χ3v) is 7.69. The highest BCUT2D eigenvalue weighted by atomic mass is 19.3. The number of aliphatic hydroxyl groups excluding tert-OH is 4. The van der Waals surface area contributed by atoms with Gasteiger partial charge in [-0.05, 0) is 60.6 Å². The first-order valence-electron chi connectivity index (χ1n) is 12.5. The molecule has 2 aliphatic rings. The topological polar surface area (TPSA) is 99.4 Å². The van der Waals surface area contributed by atoms with E-state index in [0.29, 0.717) is 37.2 Å². The number of benzene rings is 2. The maximum absolute atomic E-state index is 13.5. The molecular weight excluding hydrogens is 470 g/mol. The third-order valence-electron chi connectivity index (χ3n) is 7.69. The predicted molar refractivity (Wildman–Crippen MR) is 130 cm³/mol. The van der Waals surface area contributed by atoms with Crippen molar-refractivity contribution in [3.8, 4) is 5.75 Å². The number of rotatable bonds is 7. The summed E-state index contributed by atoms with van der Waals surface area (Å²) < 4.78 is 38.6. The summed E-state index contributed by atoms with van der Waals surface area (Å²) in [6, 6.07) is 13.3. The zero-order valence-corrected chi connectivity index (χ0v) is 20.7. The first kappa shape index (κ1) is 26.9. The Morgan fingerprint density at radius 1 is 0.944 bits per heavy atom. The summed E-state index contributed by atoms with van der Waals surface area (Å²) in [5.41, 5.74) is 3.50. The maximum Gasteiger partial charge on any atom is 0.248 e. The van der Waals surface area contributed by atoms with Gasteiger partial charge in [-0.2, -0.15) is 0 Å². The first-order valence-corrected chi connectivity index (χ1v) is 12.5. The van der Waals surface area contributed by atoms with Gasteiger partial charge in [-0.15, -0.1) is 0 Å². The smallest absolute Gasteiger partial charge is 0.248 e. The lowest BCUT2D eigenvalue weighted by Gasteiger charge is -2.40. The lowest BCUT2D eigenvalue weighted by atomic mass is 9.75. The quantitative estimate of drug-likeness (QED) is 0.457. The van der Waals surface area contributed by atoms with Crippen molar-refractivity contribution in [2.45, 2.75) is 82.4 Å². The SMILES string of the molecule is Cc1ccc(C2OC(CO)C(O)C(O)C2O)cc1Cc1ccc(OCC2(C)CCC(F)(F)CC2)cc1. The van der Waals surface area contributed by atoms with E-state index in [9.17, 15) is 29.2 Å². The summed E-state index contributed by atoms with van der Waals surface area (Å²) in [5.74, 6) is -1.86. The first-order chi connectivity index (χ1) is 17.0. The summed E-state index contributed by atoms with van der Waals surface area (Å²) in [6.07, 6.45) is -4.66. The predicted octanol–water partition coefficient (Wildman–Crippen LogP) is 3.70. The number of hydrogen-bond acceptors (Lipinski definition) is 6. The largest absolute Gasteiger partial charge is 0.493 e. The highest BCUT2D eigenvalue weighted by molar-refractivity contribution is 5.38. The summed E-state index contributed by atoms with van der Waals surface area (Å²) in [7, 11) is 0. The second kappa shape index (κ2) is 10.7. The average Bonchev–Trinajstić information content (AvgIpc) is 2.86. The van der Waals surface area contributed by atoms with Crippen LogP contribution in [0, 0.1) is 12.3 Å². The van der Waals surface area contributed by atoms with E-state index in [1.54, 1.807) is 0 Å². The molecule has 2 aromatic rings. The van der Waals surface area contributed by atoms with Gasteiger partial charge in [0.25, 0.3) is 0 Å². The van der Waals surface area contributed by atoms with Gasteiger partial charge in [0.15, 0.2) is 0 Å². The summed E-state index contributed by atoms with van der Waals surface area (Å²) in [6.45, 7) is 3.92. The van der Waals surface area contributed by atoms with E-state index in [0.717, 1.165) is 16.7 Å². The lowest BCUT2D eigenvalue weighted by molar-refractivity contribution is -0.231. The number of aryl methyl sites for hydroxylation is 1. The molecule has 2 fully saturated rings. The molecule has 1 saturated heterocycles. The second-order valence-corrected chi connectivity index (χ2v) is 10.7. The van der Waals surface area contributed by atoms with Crippen LogP contribution in [-0.2, 0) is 11.2 Å². The lowest BCUT2D eigenvalue weighted by Crippen LogP contribution is -2.55. The van der Waals surface area contributed by atoms with Gasteiger partial charge >= 0.3 is 0 Å². The Hall–Kier alpha value is -2.10. The van der Waals surface area contributed by atoms with Gasteiger partial charge < -0.3 is 29.9 Å². The van der Waals surface area contributed by atoms with Gasteiger partial charge in [-0.3, -0.25) is 0 Å². The summed E-state index contributed by atoms with van der Waals surface area (Å²) >= 11 is 0. The molecule has 2 aromatic carbocycles. The van der Waals surface area contributed by atoms with E-state index < -0.39 is 43.0 Å². The molecule has 5 atom stereocenters. The minimum Gasteiger partial charge on any atom is -0.493 e. The van der Waals surface area contributed by atoms with Crippen LogP contribution in [0.2, 0.25) is 0 Å². The van der Waals surface area contributed by atoms with Crippen molar-refractivity contribution in [2.24, 2.45) is 5.41 Å². The van der Waals surface area contributed by atoms with Crippen LogP contribution < -0.4 is 4.74 Å². The summed E-state index contributed by atoms with van der Waals surface area (Å²) in [4.78, 5) is 0. The van der Waals surface area contributed by atoms with Crippen molar-refractivity contribution in [3.05, 3.63) is 64.7 Å². The Bertz CT molecular complexity index is 1020. The molecule has 1 aliphatic heterocycles. The summed E-state index contributed by atoms with van der Waals surface area (Å²) in [5, 5.41) is 40.1. The Morgan fingerprint density at radius 2 is 1.61 bits per heavy atom. The van der Waals surface area contributed by atoms with E-state index >= 15 is 0 Å². The van der Waals surface area contributed by atoms with E-state index in [4.69, 9.17) is 9.47 Å². The van der Waals surface area contributed by atoms with Crippen molar-refractivity contribution in [3.63, 3.8) is 0 Å². The van der Waals surface area contributed by atoms with Crippen LogP contribution >= 0.6 is 0 Å². The molecule has 0 bridgehead atoms. The molecule has 0 radical (unpaired) electrons. The van der Waals surface area contributed by atoms with Crippen LogP contribution in [0.1, 0.15) is 61.0 Å². The Labute approximate surface area is 210 Å². The molecule has 0 spiro atoms. The fraction of sp³-hybridized carbons (Fsp3) is 0.571. The normalized spacial score (nSPS) is 29.6. The van der Waals surface area contributed by atoms with E-state index in [-0.39, 0.29) is 18.3 Å². The van der Waals surface area contributed by atoms with Gasteiger partial charge in [-0.1, -0.05) is 37.3 Å². The Balaban J connectivity index is 1.41. The maximum atomic E-state index is 13.5. The minimum atomic E-state index is -2.56. The van der Waals surface area contributed by atoms with E-state index in [2.05, 4.69) is 0 Å². The molecule has 0 amide bonds. The molecular formula is C28H36F2O6. The molecule has 6 nitrogen and oxygen atoms in total. The van der Waals surface area contributed by atoms with Crippen molar-refractivity contribution >= 4 is 0 Å². The number of ether oxygens (including phenoxy) is 2. The number of alkyl halides is 2. The molecule has 8 heteroatoms. The number of aliphatic hydroxyl groups is 4. The van der Waals surface area contributed by atoms with Gasteiger partial charge in [0.2, 0.25) is 5.92 Å². The highest BCUT2D eigenvalue weighted by Crippen LogP contribution is 2.43. The second-order valence-electron chi connectivity index (χ2n) is 10.7. The fourth-order valence-corrected chi connectivity index (χ4v) is 4.98. The minimum absolute atomic E-state index is 0.0899. The van der Waals surface area contributed by atoms with Crippen LogP contribution in [0.3, 0.4) is 0 Å². The van der Waals surface area contributed by atoms with Gasteiger partial charge in [-0.25, -0.2) is 8.78 Å². The monoisotopic (exact) mass is 506 g/mol. The van der Waals surface area contributed by atoms with Crippen LogP contribution in [0.25, 0.3) is 0 Å². The van der Waals surface area contributed by atoms with Gasteiger partial charge in [0, 0.05) is 18.3 Å².